The van der Waals surface area contributed by atoms with E-state index in [4.69, 9.17) is 4.42 Å². The highest BCUT2D eigenvalue weighted by atomic mass is 32.1. The lowest BCUT2D eigenvalue weighted by Gasteiger charge is -2.21. The van der Waals surface area contributed by atoms with Crippen LogP contribution in [0.3, 0.4) is 0 Å². The van der Waals surface area contributed by atoms with E-state index >= 15 is 0 Å². The summed E-state index contributed by atoms with van der Waals surface area (Å²) in [6, 6.07) is 3.86. The standard InChI is InChI=1S/C16H16N4O2S2/c1-9-5-6-12(24-9)15-19-18-14(22-15)11-4-3-7-20(11)16(21)13-10(2)17-8-23-13/h5-6,8,11H,3-4,7H2,1-2H3. The van der Waals surface area contributed by atoms with E-state index in [2.05, 4.69) is 15.2 Å². The van der Waals surface area contributed by atoms with Gasteiger partial charge >= 0.3 is 0 Å². The van der Waals surface area contributed by atoms with Crippen LogP contribution in [0.2, 0.25) is 0 Å². The normalized spacial score (nSPS) is 17.6. The molecule has 0 N–H and O–H groups in total. The van der Waals surface area contributed by atoms with Crippen LogP contribution in [0.5, 0.6) is 0 Å². The first-order valence-electron chi connectivity index (χ1n) is 7.75. The van der Waals surface area contributed by atoms with Crippen LogP contribution in [-0.2, 0) is 0 Å². The van der Waals surface area contributed by atoms with Crippen LogP contribution in [0.15, 0.2) is 22.1 Å². The van der Waals surface area contributed by atoms with Crippen LogP contribution in [0.25, 0.3) is 10.8 Å². The molecule has 6 nitrogen and oxygen atoms in total. The second-order valence-electron chi connectivity index (χ2n) is 5.78. The zero-order valence-corrected chi connectivity index (χ0v) is 15.0. The highest BCUT2D eigenvalue weighted by molar-refractivity contribution is 7.15. The largest absolute Gasteiger partial charge is 0.418 e. The minimum Gasteiger partial charge on any atom is -0.418 e. The molecule has 1 atom stereocenters. The van der Waals surface area contributed by atoms with Gasteiger partial charge in [-0.2, -0.15) is 0 Å². The molecule has 0 spiro atoms. The molecule has 1 aliphatic rings. The van der Waals surface area contributed by atoms with E-state index in [-0.39, 0.29) is 11.9 Å². The van der Waals surface area contributed by atoms with Crippen molar-refractivity contribution in [2.45, 2.75) is 32.7 Å². The number of hydrogen-bond acceptors (Lipinski definition) is 7. The lowest BCUT2D eigenvalue weighted by Crippen LogP contribution is -2.30. The molecule has 1 unspecified atom stereocenters. The third-order valence-electron chi connectivity index (χ3n) is 4.13. The Bertz CT molecular complexity index is 882. The molecule has 0 aliphatic carbocycles. The number of amides is 1. The molecule has 0 bridgehead atoms. The minimum atomic E-state index is -0.152. The molecule has 1 saturated heterocycles. The van der Waals surface area contributed by atoms with E-state index in [0.29, 0.717) is 23.2 Å². The molecule has 3 aromatic rings. The smallest absolute Gasteiger partial charge is 0.266 e. The van der Waals surface area contributed by atoms with Gasteiger partial charge in [-0.3, -0.25) is 4.79 Å². The number of aromatic nitrogens is 3. The third-order valence-corrected chi connectivity index (χ3v) is 6.04. The van der Waals surface area contributed by atoms with Gasteiger partial charge in [0.15, 0.2) is 0 Å². The topological polar surface area (TPSA) is 72.1 Å². The summed E-state index contributed by atoms with van der Waals surface area (Å²) < 4.78 is 5.88. The van der Waals surface area contributed by atoms with E-state index in [1.165, 1.54) is 16.2 Å². The van der Waals surface area contributed by atoms with Crippen molar-refractivity contribution in [1.82, 2.24) is 20.1 Å². The summed E-state index contributed by atoms with van der Waals surface area (Å²) in [5.41, 5.74) is 2.48. The van der Waals surface area contributed by atoms with E-state index in [1.54, 1.807) is 16.8 Å². The van der Waals surface area contributed by atoms with Crippen molar-refractivity contribution in [1.29, 1.82) is 0 Å². The van der Waals surface area contributed by atoms with Gasteiger partial charge in [0.2, 0.25) is 5.89 Å². The van der Waals surface area contributed by atoms with Gasteiger partial charge in [0.1, 0.15) is 10.9 Å². The number of carbonyl (C=O) groups is 1. The average molecular weight is 360 g/mol. The summed E-state index contributed by atoms with van der Waals surface area (Å²) in [6.07, 6.45) is 1.78. The molecule has 0 radical (unpaired) electrons. The molecular formula is C16H16N4O2S2. The summed E-state index contributed by atoms with van der Waals surface area (Å²) in [5, 5.41) is 8.37. The quantitative estimate of drug-likeness (QED) is 0.709. The number of rotatable bonds is 3. The maximum Gasteiger partial charge on any atom is 0.266 e. The summed E-state index contributed by atoms with van der Waals surface area (Å²) >= 11 is 3.00. The maximum absolute atomic E-state index is 12.8. The van der Waals surface area contributed by atoms with Crippen LogP contribution in [0, 0.1) is 13.8 Å². The molecule has 124 valence electrons. The SMILES string of the molecule is Cc1ccc(-c2nnc(C3CCCN3C(=O)c3scnc3C)o2)s1. The molecule has 3 aromatic heterocycles. The van der Waals surface area contributed by atoms with E-state index in [0.717, 1.165) is 23.4 Å². The highest BCUT2D eigenvalue weighted by Crippen LogP contribution is 2.35. The molecule has 4 heterocycles. The summed E-state index contributed by atoms with van der Waals surface area (Å²) in [6.45, 7) is 4.61. The van der Waals surface area contributed by atoms with Crippen molar-refractivity contribution in [3.05, 3.63) is 39.0 Å². The number of hydrogen-bond donors (Lipinski definition) is 0. The van der Waals surface area contributed by atoms with Gasteiger partial charge in [-0.15, -0.1) is 32.9 Å². The first kappa shape index (κ1) is 15.5. The third kappa shape index (κ3) is 2.65. The first-order valence-corrected chi connectivity index (χ1v) is 9.44. The molecule has 8 heteroatoms. The van der Waals surface area contributed by atoms with Gasteiger partial charge in [-0.05, 0) is 38.8 Å². The molecule has 24 heavy (non-hydrogen) atoms. The van der Waals surface area contributed by atoms with Gasteiger partial charge in [-0.1, -0.05) is 0 Å². The molecule has 1 fully saturated rings. The number of nitrogens with zero attached hydrogens (tertiary/aromatic N) is 4. The van der Waals surface area contributed by atoms with Crippen LogP contribution in [0.4, 0.5) is 0 Å². The zero-order valence-electron chi connectivity index (χ0n) is 13.4. The van der Waals surface area contributed by atoms with Crippen LogP contribution < -0.4 is 0 Å². The Kier molecular flexibility index (Phi) is 3.93. The van der Waals surface area contributed by atoms with Crippen molar-refractivity contribution >= 4 is 28.6 Å². The van der Waals surface area contributed by atoms with Crippen LogP contribution in [-0.4, -0.2) is 32.5 Å². The molecule has 1 amide bonds. The van der Waals surface area contributed by atoms with Crippen molar-refractivity contribution in [2.75, 3.05) is 6.54 Å². The number of thiophene rings is 1. The summed E-state index contributed by atoms with van der Waals surface area (Å²) in [4.78, 5) is 21.7. The van der Waals surface area contributed by atoms with Gasteiger partial charge < -0.3 is 9.32 Å². The van der Waals surface area contributed by atoms with Crippen LogP contribution in [0.1, 0.15) is 45.0 Å². The van der Waals surface area contributed by atoms with Crippen molar-refractivity contribution < 1.29 is 9.21 Å². The number of aryl methyl sites for hydroxylation is 2. The molecule has 0 saturated carbocycles. The first-order chi connectivity index (χ1) is 11.6. The Labute approximate surface area is 147 Å². The van der Waals surface area contributed by atoms with E-state index in [1.807, 2.05) is 30.9 Å². The van der Waals surface area contributed by atoms with Crippen LogP contribution >= 0.6 is 22.7 Å². The highest BCUT2D eigenvalue weighted by Gasteiger charge is 2.35. The predicted molar refractivity (Wildman–Crippen MR) is 92.2 cm³/mol. The number of likely N-dealkylation sites (tertiary alicyclic amines) is 1. The van der Waals surface area contributed by atoms with E-state index in [9.17, 15) is 4.79 Å². The van der Waals surface area contributed by atoms with Crippen molar-refractivity contribution in [3.8, 4) is 10.8 Å². The molecule has 0 aromatic carbocycles. The molecule has 4 rings (SSSR count). The Hall–Kier alpha value is -2.06. The Morgan fingerprint density at radius 2 is 2.21 bits per heavy atom. The lowest BCUT2D eigenvalue weighted by molar-refractivity contribution is 0.0720. The average Bonchev–Trinajstić information content (AvgIpc) is 3.33. The predicted octanol–water partition coefficient (Wildman–Crippen LogP) is 3.85. The molecular weight excluding hydrogens is 344 g/mol. The fourth-order valence-electron chi connectivity index (χ4n) is 2.92. The fourth-order valence-corrected chi connectivity index (χ4v) is 4.47. The fraction of sp³-hybridized carbons (Fsp3) is 0.375. The Morgan fingerprint density at radius 1 is 1.33 bits per heavy atom. The summed E-state index contributed by atoms with van der Waals surface area (Å²) in [5.74, 6) is 1.05. The monoisotopic (exact) mass is 360 g/mol. The minimum absolute atomic E-state index is 0.00391. The maximum atomic E-state index is 12.8. The second-order valence-corrected chi connectivity index (χ2v) is 7.92. The van der Waals surface area contributed by atoms with E-state index < -0.39 is 0 Å². The van der Waals surface area contributed by atoms with Gasteiger partial charge in [0.05, 0.1) is 16.1 Å². The van der Waals surface area contributed by atoms with Gasteiger partial charge in [0.25, 0.3) is 11.8 Å². The van der Waals surface area contributed by atoms with Gasteiger partial charge in [-0.25, -0.2) is 4.98 Å². The Balaban J connectivity index is 1.60. The number of carbonyl (C=O) groups excluding carboxylic acids is 1. The second kappa shape index (κ2) is 6.10. The van der Waals surface area contributed by atoms with Gasteiger partial charge in [0, 0.05) is 11.4 Å². The van der Waals surface area contributed by atoms with Crippen molar-refractivity contribution in [3.63, 3.8) is 0 Å². The lowest BCUT2D eigenvalue weighted by atomic mass is 10.2. The zero-order chi connectivity index (χ0) is 16.7. The number of thiazole rings is 1. The summed E-state index contributed by atoms with van der Waals surface area (Å²) in [7, 11) is 0. The molecule has 1 aliphatic heterocycles. The van der Waals surface area contributed by atoms with Crippen molar-refractivity contribution in [2.24, 2.45) is 0 Å². The Morgan fingerprint density at radius 3 is 2.92 bits per heavy atom.